The maximum atomic E-state index is 12.1. The second-order valence-electron chi connectivity index (χ2n) is 3.67. The molecular weight excluding hydrogens is 302 g/mol. The third-order valence-corrected chi connectivity index (χ3v) is 4.92. The smallest absolute Gasteiger partial charge is 0.267 e. The molecule has 4 aromatic rings. The molecule has 0 atom stereocenters. The number of nitrogens with zero attached hydrogens (tertiary/aromatic N) is 4. The van der Waals surface area contributed by atoms with Crippen LogP contribution in [-0.4, -0.2) is 25.5 Å². The summed E-state index contributed by atoms with van der Waals surface area (Å²) in [5.41, 5.74) is 2.54. The summed E-state index contributed by atoms with van der Waals surface area (Å²) in [7, 11) is 0. The first-order valence-corrected chi connectivity index (χ1v) is 7.81. The molecule has 0 spiro atoms. The van der Waals surface area contributed by atoms with E-state index in [0.29, 0.717) is 10.0 Å². The maximum absolute atomic E-state index is 12.1. The molecule has 9 heteroatoms. The summed E-state index contributed by atoms with van der Waals surface area (Å²) >= 11 is 4.24. The van der Waals surface area contributed by atoms with E-state index in [-0.39, 0.29) is 5.91 Å². The number of rotatable bonds is 2. The van der Waals surface area contributed by atoms with E-state index < -0.39 is 0 Å². The average molecular weight is 307 g/mol. The van der Waals surface area contributed by atoms with Crippen LogP contribution in [-0.2, 0) is 0 Å². The van der Waals surface area contributed by atoms with Gasteiger partial charge in [0.2, 0.25) is 5.13 Å². The molecule has 0 aliphatic heterocycles. The van der Waals surface area contributed by atoms with Gasteiger partial charge in [0, 0.05) is 11.6 Å². The molecule has 0 aromatic carbocycles. The van der Waals surface area contributed by atoms with Gasteiger partial charge in [0.25, 0.3) is 5.91 Å². The predicted molar refractivity (Wildman–Crippen MR) is 76.3 cm³/mol. The minimum atomic E-state index is -0.177. The van der Waals surface area contributed by atoms with Crippen molar-refractivity contribution in [3.8, 4) is 0 Å². The van der Waals surface area contributed by atoms with Crippen molar-refractivity contribution in [2.75, 3.05) is 5.32 Å². The van der Waals surface area contributed by atoms with E-state index >= 15 is 0 Å². The fourth-order valence-electron chi connectivity index (χ4n) is 1.75. The molecule has 0 aliphatic carbocycles. The molecule has 4 heterocycles. The van der Waals surface area contributed by atoms with Crippen molar-refractivity contribution >= 4 is 60.4 Å². The lowest BCUT2D eigenvalue weighted by atomic mass is 10.4. The lowest BCUT2D eigenvalue weighted by Crippen LogP contribution is -2.09. The molecule has 1 amide bonds. The number of thiophene rings is 1. The Bertz CT molecular complexity index is 872. The number of carbonyl (C=O) groups excluding carboxylic acids is 1. The van der Waals surface area contributed by atoms with Gasteiger partial charge in [0.1, 0.15) is 10.3 Å². The summed E-state index contributed by atoms with van der Waals surface area (Å²) in [5.74, 6) is -0.177. The zero-order valence-electron chi connectivity index (χ0n) is 9.23. The van der Waals surface area contributed by atoms with Crippen molar-refractivity contribution < 1.29 is 4.79 Å². The summed E-state index contributed by atoms with van der Waals surface area (Å²) in [6, 6.07) is 1.85. The van der Waals surface area contributed by atoms with Crippen molar-refractivity contribution in [2.24, 2.45) is 0 Å². The minimum absolute atomic E-state index is 0.177. The Morgan fingerprint density at radius 2 is 2.32 bits per heavy atom. The van der Waals surface area contributed by atoms with Crippen molar-refractivity contribution in [1.82, 2.24) is 19.6 Å². The molecule has 0 bridgehead atoms. The molecule has 0 aliphatic rings. The number of carbonyl (C=O) groups is 1. The van der Waals surface area contributed by atoms with E-state index in [4.69, 9.17) is 0 Å². The van der Waals surface area contributed by atoms with Gasteiger partial charge in [-0.2, -0.15) is 0 Å². The topological polar surface area (TPSA) is 72.2 Å². The van der Waals surface area contributed by atoms with Crippen LogP contribution in [0.1, 0.15) is 9.67 Å². The largest absolute Gasteiger partial charge is 0.296 e. The first-order chi connectivity index (χ1) is 9.31. The molecule has 4 aromatic heterocycles. The van der Waals surface area contributed by atoms with E-state index in [2.05, 4.69) is 20.5 Å². The molecule has 4 rings (SSSR count). The number of fused-ring (bicyclic) bond motifs is 3. The third kappa shape index (κ3) is 1.74. The molecule has 6 nitrogen and oxygen atoms in total. The Balaban J connectivity index is 1.74. The van der Waals surface area contributed by atoms with Crippen LogP contribution in [0.3, 0.4) is 0 Å². The van der Waals surface area contributed by atoms with E-state index in [9.17, 15) is 4.79 Å². The van der Waals surface area contributed by atoms with Gasteiger partial charge in [-0.05, 0) is 6.07 Å². The van der Waals surface area contributed by atoms with E-state index in [1.54, 1.807) is 16.8 Å². The van der Waals surface area contributed by atoms with Crippen LogP contribution < -0.4 is 5.32 Å². The lowest BCUT2D eigenvalue weighted by Gasteiger charge is -1.96. The fraction of sp³-hybridized carbons (Fsp3) is 0. The van der Waals surface area contributed by atoms with Gasteiger partial charge in [-0.3, -0.25) is 14.5 Å². The quantitative estimate of drug-likeness (QED) is 0.618. The fourth-order valence-corrected chi connectivity index (χ4v) is 3.88. The highest BCUT2D eigenvalue weighted by atomic mass is 32.1. The van der Waals surface area contributed by atoms with Gasteiger partial charge in [-0.15, -0.1) is 32.9 Å². The average Bonchev–Trinajstić information content (AvgIpc) is 3.08. The second-order valence-corrected chi connectivity index (χ2v) is 6.40. The SMILES string of the molecule is O=C(Nc1nncs1)c1cc2c(nc3sccn32)s1. The van der Waals surface area contributed by atoms with Crippen LogP contribution in [0.5, 0.6) is 0 Å². The summed E-state index contributed by atoms with van der Waals surface area (Å²) < 4.78 is 1.98. The van der Waals surface area contributed by atoms with Crippen LogP contribution >= 0.6 is 34.0 Å². The lowest BCUT2D eigenvalue weighted by molar-refractivity contribution is 0.103. The molecule has 0 radical (unpaired) electrons. The number of amides is 1. The van der Waals surface area contributed by atoms with Crippen LogP contribution in [0.15, 0.2) is 23.2 Å². The van der Waals surface area contributed by atoms with Crippen LogP contribution in [0.2, 0.25) is 0 Å². The Hall–Kier alpha value is -1.84. The first kappa shape index (κ1) is 11.0. The predicted octanol–water partition coefficient (Wildman–Crippen LogP) is 2.71. The summed E-state index contributed by atoms with van der Waals surface area (Å²) in [6.07, 6.45) is 1.95. The molecule has 0 saturated heterocycles. The third-order valence-electron chi connectivity index (χ3n) is 2.54. The van der Waals surface area contributed by atoms with Gasteiger partial charge in [-0.1, -0.05) is 11.3 Å². The second kappa shape index (κ2) is 4.08. The monoisotopic (exact) mass is 307 g/mol. The molecular formula is C10H5N5OS3. The number of anilines is 1. The highest BCUT2D eigenvalue weighted by molar-refractivity contribution is 7.21. The number of nitrogens with one attached hydrogen (secondary N) is 1. The highest BCUT2D eigenvalue weighted by Crippen LogP contribution is 2.28. The van der Waals surface area contributed by atoms with Crippen molar-refractivity contribution in [1.29, 1.82) is 0 Å². The standard InChI is InChI=1S/C10H5N5OS3/c16-7(12-9-14-11-4-18-9)6-3-5-8(19-6)13-10-15(5)1-2-17-10/h1-4H,(H,12,14,16). The van der Waals surface area contributed by atoms with Gasteiger partial charge in [0.15, 0.2) is 4.96 Å². The Kier molecular flexibility index (Phi) is 2.37. The van der Waals surface area contributed by atoms with Gasteiger partial charge in [-0.25, -0.2) is 4.98 Å². The van der Waals surface area contributed by atoms with E-state index in [0.717, 1.165) is 15.3 Å². The van der Waals surface area contributed by atoms with Crippen molar-refractivity contribution in [3.05, 3.63) is 28.0 Å². The van der Waals surface area contributed by atoms with Gasteiger partial charge in [0.05, 0.1) is 10.4 Å². The molecule has 0 fully saturated rings. The van der Waals surface area contributed by atoms with Crippen LogP contribution in [0, 0.1) is 0 Å². The first-order valence-electron chi connectivity index (χ1n) is 5.24. The number of hydrogen-bond donors (Lipinski definition) is 1. The normalized spacial score (nSPS) is 11.4. The molecule has 0 saturated carbocycles. The van der Waals surface area contributed by atoms with Gasteiger partial charge < -0.3 is 0 Å². The Morgan fingerprint density at radius 3 is 3.16 bits per heavy atom. The summed E-state index contributed by atoms with van der Waals surface area (Å²) in [5, 5.41) is 12.6. The zero-order valence-corrected chi connectivity index (χ0v) is 11.7. The Labute approximate surface area is 118 Å². The maximum Gasteiger partial charge on any atom is 0.267 e. The number of aromatic nitrogens is 4. The number of thiazole rings is 1. The zero-order chi connectivity index (χ0) is 12.8. The molecule has 19 heavy (non-hydrogen) atoms. The molecule has 94 valence electrons. The van der Waals surface area contributed by atoms with Gasteiger partial charge >= 0.3 is 0 Å². The molecule has 1 N–H and O–H groups in total. The number of imidazole rings is 1. The minimum Gasteiger partial charge on any atom is -0.296 e. The Morgan fingerprint density at radius 1 is 1.37 bits per heavy atom. The highest BCUT2D eigenvalue weighted by Gasteiger charge is 2.15. The summed E-state index contributed by atoms with van der Waals surface area (Å²) in [6.45, 7) is 0. The van der Waals surface area contributed by atoms with Crippen LogP contribution in [0.4, 0.5) is 5.13 Å². The van der Waals surface area contributed by atoms with Crippen LogP contribution in [0.25, 0.3) is 15.3 Å². The van der Waals surface area contributed by atoms with E-state index in [1.807, 2.05) is 22.0 Å². The van der Waals surface area contributed by atoms with Crippen molar-refractivity contribution in [3.63, 3.8) is 0 Å². The van der Waals surface area contributed by atoms with Crippen molar-refractivity contribution in [2.45, 2.75) is 0 Å². The molecule has 0 unspecified atom stereocenters. The van der Waals surface area contributed by atoms with E-state index in [1.165, 1.54) is 22.7 Å². The number of hydrogen-bond acceptors (Lipinski definition) is 7. The summed E-state index contributed by atoms with van der Waals surface area (Å²) in [4.78, 5) is 19.0.